The fourth-order valence-corrected chi connectivity index (χ4v) is 6.69. The second-order valence-corrected chi connectivity index (χ2v) is 10.1. The lowest BCUT2D eigenvalue weighted by Gasteiger charge is -2.49. The number of hydrogen-bond donors (Lipinski definition) is 1. The number of phenols is 1. The van der Waals surface area contributed by atoms with E-state index in [-0.39, 0.29) is 0 Å². The molecule has 2 fully saturated rings. The first-order valence-corrected chi connectivity index (χ1v) is 13.7. The number of hydrogen-bond acceptors (Lipinski definition) is 3. The molecule has 4 atom stereocenters. The lowest BCUT2D eigenvalue weighted by atomic mass is 9.55. The molecular formula is C30H51NO2. The number of allylic oxidation sites excluding steroid dienone is 1. The summed E-state index contributed by atoms with van der Waals surface area (Å²) in [6.45, 7) is 15.2. The highest BCUT2D eigenvalue weighted by molar-refractivity contribution is 5.46. The van der Waals surface area contributed by atoms with Crippen molar-refractivity contribution in [1.29, 1.82) is 0 Å². The van der Waals surface area contributed by atoms with Gasteiger partial charge in [0, 0.05) is 18.7 Å². The van der Waals surface area contributed by atoms with Crippen LogP contribution in [0.15, 0.2) is 23.8 Å². The van der Waals surface area contributed by atoms with Gasteiger partial charge in [-0.2, -0.15) is 0 Å². The summed E-state index contributed by atoms with van der Waals surface area (Å²) in [5, 5.41) is 10.5. The molecule has 33 heavy (non-hydrogen) atoms. The molecule has 0 amide bonds. The molecule has 188 valence electrons. The first kappa shape index (κ1) is 27.9. The van der Waals surface area contributed by atoms with E-state index < -0.39 is 0 Å². The Morgan fingerprint density at radius 2 is 1.82 bits per heavy atom. The second-order valence-electron chi connectivity index (χ2n) is 10.1. The van der Waals surface area contributed by atoms with Crippen molar-refractivity contribution in [2.45, 2.75) is 99.0 Å². The van der Waals surface area contributed by atoms with Gasteiger partial charge >= 0.3 is 0 Å². The van der Waals surface area contributed by atoms with Crippen molar-refractivity contribution < 1.29 is 9.84 Å². The Bertz CT molecular complexity index is 769. The van der Waals surface area contributed by atoms with Crippen molar-refractivity contribution in [3.8, 4) is 5.75 Å². The molecule has 4 rings (SSSR count). The quantitative estimate of drug-likeness (QED) is 0.350. The van der Waals surface area contributed by atoms with E-state index in [4.69, 9.17) is 4.74 Å². The van der Waals surface area contributed by atoms with Crippen molar-refractivity contribution in [2.24, 2.45) is 17.3 Å². The van der Waals surface area contributed by atoms with Crippen molar-refractivity contribution in [3.63, 3.8) is 0 Å². The minimum atomic E-state index is 0.373. The summed E-state index contributed by atoms with van der Waals surface area (Å²) in [6.07, 6.45) is 11.1. The molecule has 0 spiro atoms. The summed E-state index contributed by atoms with van der Waals surface area (Å²) in [5.41, 5.74) is 6.07. The summed E-state index contributed by atoms with van der Waals surface area (Å²) in [4.78, 5) is 2.15. The fourth-order valence-electron chi connectivity index (χ4n) is 6.69. The molecule has 1 N–H and O–H groups in total. The van der Waals surface area contributed by atoms with Crippen LogP contribution in [0.1, 0.15) is 103 Å². The van der Waals surface area contributed by atoms with Gasteiger partial charge in [0.25, 0.3) is 0 Å². The first-order chi connectivity index (χ1) is 15.9. The van der Waals surface area contributed by atoms with Gasteiger partial charge in [-0.15, -0.1) is 0 Å². The zero-order valence-electron chi connectivity index (χ0n) is 22.8. The van der Waals surface area contributed by atoms with Gasteiger partial charge in [0.05, 0.1) is 6.61 Å². The van der Waals surface area contributed by atoms with Crippen molar-refractivity contribution in [1.82, 2.24) is 4.90 Å². The molecule has 1 aromatic carbocycles. The highest BCUT2D eigenvalue weighted by Gasteiger charge is 2.52. The molecule has 1 aromatic rings. The van der Waals surface area contributed by atoms with Crippen LogP contribution in [0.4, 0.5) is 0 Å². The van der Waals surface area contributed by atoms with Crippen LogP contribution in [0, 0.1) is 17.3 Å². The molecule has 3 heteroatoms. The van der Waals surface area contributed by atoms with Gasteiger partial charge in [0.15, 0.2) is 0 Å². The molecule has 3 aliphatic carbocycles. The molecule has 0 heterocycles. The Morgan fingerprint density at radius 3 is 2.48 bits per heavy atom. The van der Waals surface area contributed by atoms with Gasteiger partial charge in [-0.25, -0.2) is 0 Å². The monoisotopic (exact) mass is 457 g/mol. The average Bonchev–Trinajstić information content (AvgIpc) is 3.16. The smallest absolute Gasteiger partial charge is 0.120 e. The Kier molecular flexibility index (Phi) is 11.0. The van der Waals surface area contributed by atoms with Crippen LogP contribution in [0.25, 0.3) is 0 Å². The van der Waals surface area contributed by atoms with Crippen LogP contribution < -0.4 is 0 Å². The van der Waals surface area contributed by atoms with Crippen LogP contribution >= 0.6 is 0 Å². The van der Waals surface area contributed by atoms with Gasteiger partial charge in [0.2, 0.25) is 0 Å². The summed E-state index contributed by atoms with van der Waals surface area (Å²) in [7, 11) is 4.15. The number of ether oxygens (including phenoxy) is 1. The largest absolute Gasteiger partial charge is 0.508 e. The first-order valence-electron chi connectivity index (χ1n) is 13.7. The number of rotatable bonds is 6. The number of aryl methyl sites for hydroxylation is 1. The van der Waals surface area contributed by atoms with Crippen LogP contribution in [0.5, 0.6) is 5.75 Å². The van der Waals surface area contributed by atoms with Crippen LogP contribution in [0.3, 0.4) is 0 Å². The predicted molar refractivity (Wildman–Crippen MR) is 142 cm³/mol. The van der Waals surface area contributed by atoms with E-state index in [2.05, 4.69) is 51.1 Å². The van der Waals surface area contributed by atoms with E-state index in [1.54, 1.807) is 11.1 Å². The topological polar surface area (TPSA) is 32.7 Å². The van der Waals surface area contributed by atoms with E-state index in [0.29, 0.717) is 17.1 Å². The van der Waals surface area contributed by atoms with Crippen molar-refractivity contribution in [2.75, 3.05) is 27.3 Å². The second kappa shape index (κ2) is 13.0. The van der Waals surface area contributed by atoms with Crippen LogP contribution in [-0.2, 0) is 17.7 Å². The summed E-state index contributed by atoms with van der Waals surface area (Å²) in [6, 6.07) is 4.41. The Balaban J connectivity index is 0.000000914. The third-order valence-corrected chi connectivity index (χ3v) is 8.05. The number of benzene rings is 1. The maximum atomic E-state index is 10.5. The molecule has 3 aliphatic rings. The van der Waals surface area contributed by atoms with Gasteiger partial charge in [-0.05, 0) is 99.4 Å². The third kappa shape index (κ3) is 6.03. The molecule has 4 unspecified atom stereocenters. The zero-order valence-corrected chi connectivity index (χ0v) is 22.8. The molecule has 0 bridgehead atoms. The highest BCUT2D eigenvalue weighted by Crippen LogP contribution is 2.62. The summed E-state index contributed by atoms with van der Waals surface area (Å²) >= 11 is 0. The summed E-state index contributed by atoms with van der Waals surface area (Å²) in [5.74, 6) is 2.75. The molecule has 3 nitrogen and oxygen atoms in total. The van der Waals surface area contributed by atoms with E-state index in [1.807, 2.05) is 27.7 Å². The standard InChI is InChI=1S/C26H39NO2.2C2H6/c1-5-13-29-14-11-20-7-9-24-22-8-6-18-16-25(28)19(17-27(3)4)15-23(18)21(22)10-12-26(20,24)2;2*1-2/h11,15-16,21-22,24,28H,5-10,12-14,17H2,1-4H3;2*1-2H3/b20-11+;;. The Hall–Kier alpha value is -1.32. The summed E-state index contributed by atoms with van der Waals surface area (Å²) < 4.78 is 5.77. The lowest BCUT2D eigenvalue weighted by molar-refractivity contribution is 0.0803. The molecule has 0 aromatic heterocycles. The van der Waals surface area contributed by atoms with Gasteiger partial charge < -0.3 is 14.7 Å². The predicted octanol–water partition coefficient (Wildman–Crippen LogP) is 7.72. The van der Waals surface area contributed by atoms with Crippen LogP contribution in [0.2, 0.25) is 0 Å². The van der Waals surface area contributed by atoms with E-state index >= 15 is 0 Å². The number of phenolic OH excluding ortho intramolecular Hbond substituents is 1. The minimum Gasteiger partial charge on any atom is -0.508 e. The molecular weight excluding hydrogens is 406 g/mol. The number of nitrogens with zero attached hydrogens (tertiary/aromatic N) is 1. The zero-order chi connectivity index (χ0) is 24.6. The third-order valence-electron chi connectivity index (χ3n) is 8.05. The highest BCUT2D eigenvalue weighted by atomic mass is 16.5. The van der Waals surface area contributed by atoms with Crippen molar-refractivity contribution >= 4 is 0 Å². The number of fused-ring (bicyclic) bond motifs is 5. The van der Waals surface area contributed by atoms with Gasteiger partial charge in [-0.3, -0.25) is 0 Å². The number of aromatic hydroxyl groups is 1. The van der Waals surface area contributed by atoms with E-state index in [0.717, 1.165) is 50.0 Å². The Morgan fingerprint density at radius 1 is 1.09 bits per heavy atom. The average molecular weight is 458 g/mol. The van der Waals surface area contributed by atoms with Gasteiger partial charge in [0.1, 0.15) is 5.75 Å². The normalized spacial score (nSPS) is 28.8. The minimum absolute atomic E-state index is 0.373. The molecule has 0 saturated heterocycles. The van der Waals surface area contributed by atoms with E-state index in [1.165, 1.54) is 37.7 Å². The Labute approximate surface area is 204 Å². The lowest BCUT2D eigenvalue weighted by Crippen LogP contribution is -2.40. The molecule has 2 saturated carbocycles. The maximum absolute atomic E-state index is 10.5. The van der Waals surface area contributed by atoms with Crippen molar-refractivity contribution in [3.05, 3.63) is 40.5 Å². The molecule has 0 aliphatic heterocycles. The maximum Gasteiger partial charge on any atom is 0.120 e. The van der Waals surface area contributed by atoms with E-state index in [9.17, 15) is 5.11 Å². The fraction of sp³-hybridized carbons (Fsp3) is 0.733. The SMILES string of the molecule is CC.CC.CCCOC/C=C1\CCC2C3CCc4cc(O)c(CN(C)C)cc4C3CCC12C. The van der Waals surface area contributed by atoms with Crippen LogP contribution in [-0.4, -0.2) is 37.3 Å². The van der Waals surface area contributed by atoms with Gasteiger partial charge in [-0.1, -0.05) is 59.3 Å². The molecule has 0 radical (unpaired) electrons.